The minimum Gasteiger partial charge on any atom is -0.487 e. The highest BCUT2D eigenvalue weighted by Gasteiger charge is 2.12. The van der Waals surface area contributed by atoms with Gasteiger partial charge in [-0.2, -0.15) is 0 Å². The number of hydrogen-bond acceptors (Lipinski definition) is 9. The number of nitrogens with zero attached hydrogens (tertiary/aromatic N) is 3. The van der Waals surface area contributed by atoms with Crippen LogP contribution in [0.15, 0.2) is 78.8 Å². The number of nitrogens with one attached hydrogen (secondary N) is 3. The average Bonchev–Trinajstić information content (AvgIpc) is 2.84. The Morgan fingerprint density at radius 3 is 2.62 bits per heavy atom. The molecule has 0 atom stereocenters. The number of fused-ring (bicyclic) bond motifs is 1. The minimum absolute atomic E-state index is 0.0960. The van der Waals surface area contributed by atoms with Crippen LogP contribution in [0.2, 0.25) is 0 Å². The lowest BCUT2D eigenvalue weighted by Gasteiger charge is -2.13. The van der Waals surface area contributed by atoms with Gasteiger partial charge in [0.25, 0.3) is 0 Å². The molecule has 0 amide bonds. The summed E-state index contributed by atoms with van der Waals surface area (Å²) in [6.07, 6.45) is 10.1. The van der Waals surface area contributed by atoms with Crippen molar-refractivity contribution in [1.82, 2.24) is 20.3 Å². The summed E-state index contributed by atoms with van der Waals surface area (Å²) in [5, 5.41) is 14.6. The molecule has 0 saturated heterocycles. The topological polar surface area (TPSA) is 148 Å². The van der Waals surface area contributed by atoms with E-state index in [1.54, 1.807) is 56.2 Å². The molecule has 0 fully saturated rings. The number of pyridine rings is 3. The molecule has 0 unspecified atom stereocenters. The van der Waals surface area contributed by atoms with Gasteiger partial charge in [-0.1, -0.05) is 13.8 Å². The van der Waals surface area contributed by atoms with Crippen molar-refractivity contribution in [3.05, 3.63) is 84.4 Å². The van der Waals surface area contributed by atoms with Crippen molar-refractivity contribution in [2.75, 3.05) is 19.0 Å². The fourth-order valence-corrected chi connectivity index (χ4v) is 3.15. The van der Waals surface area contributed by atoms with Crippen LogP contribution in [-0.2, 0) is 0 Å². The largest absolute Gasteiger partial charge is 0.487 e. The van der Waals surface area contributed by atoms with Crippen LogP contribution < -0.4 is 26.8 Å². The molecule has 0 aliphatic rings. The summed E-state index contributed by atoms with van der Waals surface area (Å²) in [7, 11) is 1.78. The molecule has 0 aromatic carbocycles. The molecule has 0 saturated carbocycles. The van der Waals surface area contributed by atoms with Crippen LogP contribution in [0, 0.1) is 11.3 Å². The molecule has 9 nitrogen and oxygen atoms in total. The Kier molecular flexibility index (Phi) is 8.17. The zero-order valence-corrected chi connectivity index (χ0v) is 19.5. The number of ether oxygens (including phenoxy) is 1. The molecule has 0 aliphatic heterocycles. The first-order valence-corrected chi connectivity index (χ1v) is 10.8. The minimum atomic E-state index is 0.0960. The molecule has 176 valence electrons. The molecule has 7 N–H and O–H groups in total. The lowest BCUT2D eigenvalue weighted by molar-refractivity contribution is 0.376. The van der Waals surface area contributed by atoms with E-state index in [-0.39, 0.29) is 12.5 Å². The second kappa shape index (κ2) is 11.5. The summed E-state index contributed by atoms with van der Waals surface area (Å²) in [6.45, 7) is 4.18. The van der Waals surface area contributed by atoms with Gasteiger partial charge in [-0.05, 0) is 54.1 Å². The van der Waals surface area contributed by atoms with E-state index in [0.29, 0.717) is 34.2 Å². The predicted octanol–water partition coefficient (Wildman–Crippen LogP) is 3.39. The summed E-state index contributed by atoms with van der Waals surface area (Å²) < 4.78 is 5.71. The number of nitrogens with two attached hydrogens (primary N) is 2. The summed E-state index contributed by atoms with van der Waals surface area (Å²) >= 11 is 0. The standard InChI is InChI=1S/C25H30N8O/c1-16(2)17(12-26)11-24(28)33-25-5-4-22-23(32-25)10-18(13-31-22)20(14-29-3)21(27)15-34-19-6-8-30-9-7-19/h4-14,16,27,29H,15,26,28H2,1-3H3,(H,32,33)/b17-12+,20-14-,24-11+,27-21?. The van der Waals surface area contributed by atoms with Gasteiger partial charge in [-0.25, -0.2) is 4.98 Å². The highest BCUT2D eigenvalue weighted by molar-refractivity contribution is 6.23. The normalized spacial score (nSPS) is 12.6. The molecule has 0 radical (unpaired) electrons. The predicted molar refractivity (Wildman–Crippen MR) is 137 cm³/mol. The van der Waals surface area contributed by atoms with Crippen molar-refractivity contribution in [2.24, 2.45) is 17.4 Å². The molecule has 3 aromatic heterocycles. The van der Waals surface area contributed by atoms with E-state index >= 15 is 0 Å². The van der Waals surface area contributed by atoms with Crippen molar-refractivity contribution in [1.29, 1.82) is 5.41 Å². The molecule has 0 spiro atoms. The number of hydrogen-bond donors (Lipinski definition) is 5. The van der Waals surface area contributed by atoms with Gasteiger partial charge in [0.1, 0.15) is 24.0 Å². The molecule has 0 bridgehead atoms. The lowest BCUT2D eigenvalue weighted by Crippen LogP contribution is -2.14. The molecular formula is C25H30N8O. The number of aromatic nitrogens is 3. The average molecular weight is 459 g/mol. The maximum absolute atomic E-state index is 8.55. The number of rotatable bonds is 10. The SMILES string of the molecule is CN/C=C(\C(=N)COc1ccncc1)c1cnc2ccc(N/C(N)=C/C(=C\N)C(C)C)nc2c1. The Morgan fingerprint density at radius 2 is 1.94 bits per heavy atom. The molecule has 9 heteroatoms. The zero-order chi connectivity index (χ0) is 24.5. The summed E-state index contributed by atoms with van der Waals surface area (Å²) in [6, 6.07) is 9.06. The fraction of sp³-hybridized carbons (Fsp3) is 0.200. The van der Waals surface area contributed by atoms with Crippen LogP contribution in [0.5, 0.6) is 5.75 Å². The van der Waals surface area contributed by atoms with E-state index in [0.717, 1.165) is 16.7 Å². The zero-order valence-electron chi connectivity index (χ0n) is 19.5. The summed E-state index contributed by atoms with van der Waals surface area (Å²) in [5.74, 6) is 1.91. The van der Waals surface area contributed by atoms with Gasteiger partial charge in [-0.15, -0.1) is 0 Å². The Labute approximate surface area is 199 Å². The van der Waals surface area contributed by atoms with Gasteiger partial charge in [0.05, 0.1) is 16.7 Å². The van der Waals surface area contributed by atoms with E-state index in [4.69, 9.17) is 21.6 Å². The Bertz CT molecular complexity index is 1230. The van der Waals surface area contributed by atoms with Gasteiger partial charge in [0.15, 0.2) is 0 Å². The molecular weight excluding hydrogens is 428 g/mol. The maximum atomic E-state index is 8.55. The summed E-state index contributed by atoms with van der Waals surface area (Å²) in [5.41, 5.74) is 15.8. The number of anilines is 1. The van der Waals surface area contributed by atoms with Gasteiger partial charge >= 0.3 is 0 Å². The molecule has 3 rings (SSSR count). The quantitative estimate of drug-likeness (QED) is 0.229. The number of allylic oxidation sites excluding steroid dienone is 2. The van der Waals surface area contributed by atoms with Crippen LogP contribution in [0.3, 0.4) is 0 Å². The summed E-state index contributed by atoms with van der Waals surface area (Å²) in [4.78, 5) is 13.1. The Morgan fingerprint density at radius 1 is 1.18 bits per heavy atom. The first-order chi connectivity index (χ1) is 16.4. The Balaban J connectivity index is 1.83. The van der Waals surface area contributed by atoms with Crippen LogP contribution in [0.4, 0.5) is 5.82 Å². The van der Waals surface area contributed by atoms with Crippen LogP contribution >= 0.6 is 0 Å². The van der Waals surface area contributed by atoms with Crippen molar-refractivity contribution >= 4 is 28.1 Å². The highest BCUT2D eigenvalue weighted by Crippen LogP contribution is 2.21. The van der Waals surface area contributed by atoms with E-state index in [1.165, 1.54) is 0 Å². The van der Waals surface area contributed by atoms with Crippen LogP contribution in [-0.4, -0.2) is 34.3 Å². The monoisotopic (exact) mass is 458 g/mol. The van der Waals surface area contributed by atoms with Gasteiger partial charge in [0, 0.05) is 43.0 Å². The van der Waals surface area contributed by atoms with Gasteiger partial charge in [-0.3, -0.25) is 9.97 Å². The van der Waals surface area contributed by atoms with Crippen LogP contribution in [0.25, 0.3) is 16.6 Å². The van der Waals surface area contributed by atoms with E-state index in [2.05, 4.69) is 25.6 Å². The fourth-order valence-electron chi connectivity index (χ4n) is 3.15. The molecule has 34 heavy (non-hydrogen) atoms. The van der Waals surface area contributed by atoms with E-state index < -0.39 is 0 Å². The first kappa shape index (κ1) is 24.2. The third-order valence-corrected chi connectivity index (χ3v) is 4.95. The van der Waals surface area contributed by atoms with E-state index in [9.17, 15) is 0 Å². The third kappa shape index (κ3) is 6.32. The highest BCUT2D eigenvalue weighted by atomic mass is 16.5. The second-order valence-corrected chi connectivity index (χ2v) is 7.80. The molecule has 0 aliphatic carbocycles. The van der Waals surface area contributed by atoms with Gasteiger partial charge < -0.3 is 32.2 Å². The second-order valence-electron chi connectivity index (χ2n) is 7.80. The lowest BCUT2D eigenvalue weighted by atomic mass is 10.0. The Hall–Kier alpha value is -4.40. The van der Waals surface area contributed by atoms with Crippen molar-refractivity contribution in [3.8, 4) is 5.75 Å². The van der Waals surface area contributed by atoms with Crippen molar-refractivity contribution in [3.63, 3.8) is 0 Å². The molecule has 3 heterocycles. The molecule has 3 aromatic rings. The third-order valence-electron chi connectivity index (χ3n) is 4.95. The van der Waals surface area contributed by atoms with E-state index in [1.807, 2.05) is 32.0 Å². The smallest absolute Gasteiger partial charge is 0.132 e. The first-order valence-electron chi connectivity index (χ1n) is 10.8. The van der Waals surface area contributed by atoms with Crippen LogP contribution in [0.1, 0.15) is 19.4 Å². The van der Waals surface area contributed by atoms with Crippen molar-refractivity contribution < 1.29 is 4.74 Å². The van der Waals surface area contributed by atoms with Crippen molar-refractivity contribution in [2.45, 2.75) is 13.8 Å². The maximum Gasteiger partial charge on any atom is 0.132 e. The van der Waals surface area contributed by atoms with Gasteiger partial charge in [0.2, 0.25) is 0 Å².